The molecule has 4 rings (SSSR count). The minimum absolute atomic E-state index is 0.131. The molecule has 0 aliphatic carbocycles. The van der Waals surface area contributed by atoms with Gasteiger partial charge in [0.1, 0.15) is 5.52 Å². The molecule has 0 atom stereocenters. The van der Waals surface area contributed by atoms with Crippen LogP contribution in [0.25, 0.3) is 11.0 Å². The van der Waals surface area contributed by atoms with Gasteiger partial charge < -0.3 is 0 Å². The van der Waals surface area contributed by atoms with E-state index in [-0.39, 0.29) is 11.6 Å². The predicted octanol–water partition coefficient (Wildman–Crippen LogP) is 4.40. The number of fused-ring (bicyclic) bond motifs is 1. The fraction of sp³-hybridized carbons (Fsp3) is 0.429. The van der Waals surface area contributed by atoms with Gasteiger partial charge >= 0.3 is 6.18 Å². The highest BCUT2D eigenvalue weighted by Crippen LogP contribution is 2.34. The third-order valence-corrected chi connectivity index (χ3v) is 7.98. The van der Waals surface area contributed by atoms with Crippen molar-refractivity contribution in [1.82, 2.24) is 19.3 Å². The summed E-state index contributed by atoms with van der Waals surface area (Å²) in [6, 6.07) is 6.98. The van der Waals surface area contributed by atoms with Crippen molar-refractivity contribution < 1.29 is 21.6 Å². The van der Waals surface area contributed by atoms with E-state index >= 15 is 0 Å². The number of aromatic nitrogens is 3. The minimum atomic E-state index is -4.44. The van der Waals surface area contributed by atoms with E-state index in [0.29, 0.717) is 36.3 Å². The molecule has 2 heterocycles. The van der Waals surface area contributed by atoms with Gasteiger partial charge in [0, 0.05) is 13.1 Å². The minimum Gasteiger partial charge on any atom is -0.242 e. The fourth-order valence-electron chi connectivity index (χ4n) is 4.42. The molecule has 1 saturated heterocycles. The zero-order valence-electron chi connectivity index (χ0n) is 17.4. The van der Waals surface area contributed by atoms with Gasteiger partial charge in [0.05, 0.1) is 22.0 Å². The Morgan fingerprint density at radius 1 is 1.00 bits per heavy atom. The zero-order chi connectivity index (χ0) is 22.6. The number of alkyl halides is 3. The van der Waals surface area contributed by atoms with Crippen molar-refractivity contribution in [3.05, 3.63) is 52.6 Å². The Bertz CT molecular complexity index is 1220. The number of benzene rings is 2. The number of nitrogens with zero attached hydrogens (tertiary/aromatic N) is 4. The van der Waals surface area contributed by atoms with E-state index in [0.717, 1.165) is 28.8 Å². The van der Waals surface area contributed by atoms with Gasteiger partial charge in [0.2, 0.25) is 10.0 Å². The van der Waals surface area contributed by atoms with Gasteiger partial charge in [-0.2, -0.15) is 17.5 Å². The van der Waals surface area contributed by atoms with Crippen molar-refractivity contribution in [2.75, 3.05) is 13.1 Å². The molecule has 2 aromatic carbocycles. The lowest BCUT2D eigenvalue weighted by Crippen LogP contribution is -2.39. The third kappa shape index (κ3) is 3.94. The van der Waals surface area contributed by atoms with Crippen LogP contribution in [0.4, 0.5) is 13.2 Å². The van der Waals surface area contributed by atoms with Crippen LogP contribution in [0.3, 0.4) is 0 Å². The molecule has 0 saturated carbocycles. The molecule has 0 spiro atoms. The second kappa shape index (κ2) is 7.59. The van der Waals surface area contributed by atoms with Crippen LogP contribution in [0.1, 0.15) is 41.1 Å². The lowest BCUT2D eigenvalue weighted by Gasteiger charge is -2.32. The molecule has 166 valence electrons. The molecule has 0 unspecified atom stereocenters. The van der Waals surface area contributed by atoms with Crippen LogP contribution in [0, 0.1) is 20.8 Å². The summed E-state index contributed by atoms with van der Waals surface area (Å²) in [5.41, 5.74) is 2.39. The van der Waals surface area contributed by atoms with Gasteiger partial charge in [0.25, 0.3) is 0 Å². The summed E-state index contributed by atoms with van der Waals surface area (Å²) in [6.45, 7) is 6.15. The summed E-state index contributed by atoms with van der Waals surface area (Å²) in [7, 11) is -3.63. The Kier molecular flexibility index (Phi) is 5.33. The second-order valence-corrected chi connectivity index (χ2v) is 9.97. The molecule has 0 amide bonds. The lowest BCUT2D eigenvalue weighted by atomic mass is 10.1. The van der Waals surface area contributed by atoms with Gasteiger partial charge in [-0.25, -0.2) is 13.1 Å². The van der Waals surface area contributed by atoms with Crippen LogP contribution in [0.2, 0.25) is 0 Å². The van der Waals surface area contributed by atoms with Crippen LogP contribution in [-0.2, 0) is 16.2 Å². The van der Waals surface area contributed by atoms with E-state index in [1.165, 1.54) is 10.4 Å². The Balaban J connectivity index is 1.55. The fourth-order valence-corrected chi connectivity index (χ4v) is 6.30. The number of rotatable bonds is 3. The molecule has 1 aliphatic rings. The Hall–Kier alpha value is -2.46. The van der Waals surface area contributed by atoms with Gasteiger partial charge in [-0.15, -0.1) is 5.10 Å². The standard InChI is InChI=1S/C21H23F3N4O2S/c1-13-10-14(2)20(15(3)11-13)31(29,30)27-8-6-17(7-9-27)28-19-5-4-16(21(22,23)24)12-18(19)25-26-28/h4-5,10-12,17H,6-9H2,1-3H3. The maximum Gasteiger partial charge on any atom is 0.416 e. The molecule has 1 aliphatic heterocycles. The first-order chi connectivity index (χ1) is 14.5. The summed E-state index contributed by atoms with van der Waals surface area (Å²) >= 11 is 0. The molecule has 0 radical (unpaired) electrons. The van der Waals surface area contributed by atoms with E-state index < -0.39 is 21.8 Å². The van der Waals surface area contributed by atoms with E-state index in [4.69, 9.17) is 0 Å². The average molecular weight is 453 g/mol. The van der Waals surface area contributed by atoms with Crippen LogP contribution >= 0.6 is 0 Å². The predicted molar refractivity (Wildman–Crippen MR) is 110 cm³/mol. The highest BCUT2D eigenvalue weighted by atomic mass is 32.2. The highest BCUT2D eigenvalue weighted by Gasteiger charge is 2.34. The summed E-state index contributed by atoms with van der Waals surface area (Å²) in [5.74, 6) is 0. The summed E-state index contributed by atoms with van der Waals surface area (Å²) < 4.78 is 68.4. The maximum atomic E-state index is 13.3. The summed E-state index contributed by atoms with van der Waals surface area (Å²) in [4.78, 5) is 0.349. The van der Waals surface area contributed by atoms with Crippen LogP contribution in [-0.4, -0.2) is 40.8 Å². The smallest absolute Gasteiger partial charge is 0.242 e. The third-order valence-electron chi connectivity index (χ3n) is 5.77. The first-order valence-electron chi connectivity index (χ1n) is 9.98. The number of hydrogen-bond donors (Lipinski definition) is 0. The first kappa shape index (κ1) is 21.8. The molecule has 0 bridgehead atoms. The first-order valence-corrected chi connectivity index (χ1v) is 11.4. The molecule has 0 N–H and O–H groups in total. The molecule has 31 heavy (non-hydrogen) atoms. The molecule has 1 aromatic heterocycles. The topological polar surface area (TPSA) is 68.1 Å². The quantitative estimate of drug-likeness (QED) is 0.591. The molecule has 3 aromatic rings. The lowest BCUT2D eigenvalue weighted by molar-refractivity contribution is -0.137. The van der Waals surface area contributed by atoms with Crippen LogP contribution in [0.15, 0.2) is 35.2 Å². The van der Waals surface area contributed by atoms with Gasteiger partial charge in [-0.05, 0) is 62.9 Å². The molecule has 6 nitrogen and oxygen atoms in total. The van der Waals surface area contributed by atoms with Crippen molar-refractivity contribution in [2.24, 2.45) is 0 Å². The van der Waals surface area contributed by atoms with Crippen LogP contribution < -0.4 is 0 Å². The number of aryl methyl sites for hydroxylation is 3. The normalized spacial score (nSPS) is 16.8. The SMILES string of the molecule is Cc1cc(C)c(S(=O)(=O)N2CCC(n3nnc4cc(C(F)(F)F)ccc43)CC2)c(C)c1. The van der Waals surface area contributed by atoms with Crippen molar-refractivity contribution in [3.8, 4) is 0 Å². The van der Waals surface area contributed by atoms with Gasteiger partial charge in [-0.3, -0.25) is 0 Å². The molecule has 10 heteroatoms. The maximum absolute atomic E-state index is 13.3. The van der Waals surface area contributed by atoms with Crippen LogP contribution in [0.5, 0.6) is 0 Å². The average Bonchev–Trinajstić information content (AvgIpc) is 3.09. The van der Waals surface area contributed by atoms with E-state index in [9.17, 15) is 21.6 Å². The molecule has 1 fully saturated rings. The second-order valence-electron chi connectivity index (χ2n) is 8.10. The largest absolute Gasteiger partial charge is 0.416 e. The van der Waals surface area contributed by atoms with Gasteiger partial charge in [-0.1, -0.05) is 22.9 Å². The van der Waals surface area contributed by atoms with E-state index in [2.05, 4.69) is 10.3 Å². The van der Waals surface area contributed by atoms with E-state index in [1.54, 1.807) is 18.5 Å². The van der Waals surface area contributed by atoms with Crippen molar-refractivity contribution >= 4 is 21.1 Å². The Morgan fingerprint density at radius 2 is 1.61 bits per heavy atom. The Morgan fingerprint density at radius 3 is 2.19 bits per heavy atom. The zero-order valence-corrected chi connectivity index (χ0v) is 18.3. The van der Waals surface area contributed by atoms with Crippen molar-refractivity contribution in [2.45, 2.75) is 50.7 Å². The van der Waals surface area contributed by atoms with E-state index in [1.807, 2.05) is 19.1 Å². The Labute approximate surface area is 178 Å². The number of hydrogen-bond acceptors (Lipinski definition) is 4. The summed E-state index contributed by atoms with van der Waals surface area (Å²) in [6.07, 6.45) is -3.44. The van der Waals surface area contributed by atoms with Gasteiger partial charge in [0.15, 0.2) is 0 Å². The molecular formula is C21H23F3N4O2S. The highest BCUT2D eigenvalue weighted by molar-refractivity contribution is 7.89. The molecular weight excluding hydrogens is 429 g/mol. The number of piperidine rings is 1. The number of halogens is 3. The van der Waals surface area contributed by atoms with Crippen molar-refractivity contribution in [1.29, 1.82) is 0 Å². The van der Waals surface area contributed by atoms with Crippen molar-refractivity contribution in [3.63, 3.8) is 0 Å². The summed E-state index contributed by atoms with van der Waals surface area (Å²) in [5, 5.41) is 7.95. The monoisotopic (exact) mass is 452 g/mol. The number of sulfonamides is 1.